The van der Waals surface area contributed by atoms with E-state index in [1.54, 1.807) is 0 Å². The van der Waals surface area contributed by atoms with Crippen LogP contribution in [0.15, 0.2) is 24.5 Å². The van der Waals surface area contributed by atoms with E-state index in [-0.39, 0.29) is 5.78 Å². The molecule has 0 saturated carbocycles. The van der Waals surface area contributed by atoms with Crippen LogP contribution in [0.5, 0.6) is 0 Å². The number of halogens is 3. The van der Waals surface area contributed by atoms with Crippen molar-refractivity contribution < 1.29 is 18.0 Å². The highest BCUT2D eigenvalue weighted by Crippen LogP contribution is 2.30. The van der Waals surface area contributed by atoms with Gasteiger partial charge in [-0.15, -0.1) is 11.3 Å². The first-order chi connectivity index (χ1) is 8.38. The van der Waals surface area contributed by atoms with Gasteiger partial charge in [0.1, 0.15) is 10.7 Å². The molecule has 2 aromatic heterocycles. The largest absolute Gasteiger partial charge is 0.433 e. The van der Waals surface area contributed by atoms with Crippen LogP contribution in [0.25, 0.3) is 10.6 Å². The second kappa shape index (κ2) is 4.49. The summed E-state index contributed by atoms with van der Waals surface area (Å²) in [6, 6.07) is 2.18. The van der Waals surface area contributed by atoms with Gasteiger partial charge in [-0.3, -0.25) is 9.78 Å². The molecule has 2 heterocycles. The Bertz CT molecular complexity index is 575. The van der Waals surface area contributed by atoms with Crippen LogP contribution in [0.2, 0.25) is 0 Å². The Morgan fingerprint density at radius 3 is 2.39 bits per heavy atom. The van der Waals surface area contributed by atoms with E-state index < -0.39 is 11.9 Å². The van der Waals surface area contributed by atoms with E-state index in [0.29, 0.717) is 15.4 Å². The summed E-state index contributed by atoms with van der Waals surface area (Å²) in [7, 11) is 0. The standard InChI is InChI=1S/C11H7F3N2OS/c1-6(17)8-5-16-10(18-8)7-2-3-9(15-4-7)11(12,13)14/h2-5H,1H3. The number of rotatable bonds is 2. The summed E-state index contributed by atoms with van der Waals surface area (Å²) in [6.07, 6.45) is -1.95. The molecule has 0 aliphatic rings. The maximum Gasteiger partial charge on any atom is 0.433 e. The van der Waals surface area contributed by atoms with Crippen LogP contribution in [0.3, 0.4) is 0 Å². The predicted octanol–water partition coefficient (Wildman–Crippen LogP) is 3.43. The Hall–Kier alpha value is -1.76. The number of thiazole rings is 1. The van der Waals surface area contributed by atoms with Gasteiger partial charge in [0.15, 0.2) is 5.78 Å². The molecular weight excluding hydrogens is 265 g/mol. The average Bonchev–Trinajstić information content (AvgIpc) is 2.77. The minimum Gasteiger partial charge on any atom is -0.294 e. The van der Waals surface area contributed by atoms with E-state index in [0.717, 1.165) is 23.6 Å². The number of hydrogen-bond acceptors (Lipinski definition) is 4. The Morgan fingerprint density at radius 2 is 1.94 bits per heavy atom. The van der Waals surface area contributed by atoms with Crippen LogP contribution < -0.4 is 0 Å². The van der Waals surface area contributed by atoms with Gasteiger partial charge in [-0.05, 0) is 12.1 Å². The summed E-state index contributed by atoms with van der Waals surface area (Å²) in [5.74, 6) is -0.126. The van der Waals surface area contributed by atoms with Crippen molar-refractivity contribution in [2.75, 3.05) is 0 Å². The van der Waals surface area contributed by atoms with Gasteiger partial charge >= 0.3 is 6.18 Å². The van der Waals surface area contributed by atoms with Crippen molar-refractivity contribution in [1.29, 1.82) is 0 Å². The number of alkyl halides is 3. The molecule has 0 fully saturated rings. The number of Topliss-reactive ketones (excluding diaryl/α,β-unsaturated/α-hetero) is 1. The molecule has 18 heavy (non-hydrogen) atoms. The minimum atomic E-state index is -4.45. The second-order valence-corrected chi connectivity index (χ2v) is 4.55. The SMILES string of the molecule is CC(=O)c1cnc(-c2ccc(C(F)(F)F)nc2)s1. The third kappa shape index (κ3) is 2.56. The van der Waals surface area contributed by atoms with Gasteiger partial charge in [-0.1, -0.05) is 0 Å². The summed E-state index contributed by atoms with van der Waals surface area (Å²) < 4.78 is 36.9. The van der Waals surface area contributed by atoms with Gasteiger partial charge in [0, 0.05) is 24.9 Å². The molecule has 0 aliphatic heterocycles. The highest BCUT2D eigenvalue weighted by Gasteiger charge is 2.32. The zero-order chi connectivity index (χ0) is 13.3. The fourth-order valence-corrected chi connectivity index (χ4v) is 2.06. The summed E-state index contributed by atoms with van der Waals surface area (Å²) in [4.78, 5) is 18.9. The number of pyridine rings is 1. The van der Waals surface area contributed by atoms with Crippen molar-refractivity contribution >= 4 is 17.1 Å². The molecule has 0 unspecified atom stereocenters. The van der Waals surface area contributed by atoms with E-state index in [4.69, 9.17) is 0 Å². The Morgan fingerprint density at radius 1 is 1.22 bits per heavy atom. The van der Waals surface area contributed by atoms with Gasteiger partial charge in [0.25, 0.3) is 0 Å². The topological polar surface area (TPSA) is 42.9 Å². The molecule has 0 aromatic carbocycles. The zero-order valence-corrected chi connectivity index (χ0v) is 9.97. The van der Waals surface area contributed by atoms with Crippen molar-refractivity contribution in [3.05, 3.63) is 35.1 Å². The van der Waals surface area contributed by atoms with E-state index in [2.05, 4.69) is 9.97 Å². The average molecular weight is 272 g/mol. The molecule has 0 atom stereocenters. The van der Waals surface area contributed by atoms with Crippen molar-refractivity contribution in [2.45, 2.75) is 13.1 Å². The molecule has 0 bridgehead atoms. The molecule has 0 amide bonds. The molecule has 0 saturated heterocycles. The number of ketones is 1. The van der Waals surface area contributed by atoms with Gasteiger partial charge in [0.05, 0.1) is 4.88 Å². The van der Waals surface area contributed by atoms with Crippen molar-refractivity contribution in [1.82, 2.24) is 9.97 Å². The van der Waals surface area contributed by atoms with E-state index >= 15 is 0 Å². The maximum atomic E-state index is 12.3. The Kier molecular flexibility index (Phi) is 3.16. The van der Waals surface area contributed by atoms with Crippen LogP contribution in [0.1, 0.15) is 22.3 Å². The third-order valence-corrected chi connectivity index (χ3v) is 3.30. The van der Waals surface area contributed by atoms with Crippen LogP contribution in [0.4, 0.5) is 13.2 Å². The number of hydrogen-bond donors (Lipinski definition) is 0. The molecular formula is C11H7F3N2OS. The lowest BCUT2D eigenvalue weighted by atomic mass is 10.2. The van der Waals surface area contributed by atoms with Gasteiger partial charge < -0.3 is 0 Å². The molecule has 7 heteroatoms. The summed E-state index contributed by atoms with van der Waals surface area (Å²) in [6.45, 7) is 1.41. The number of nitrogens with zero attached hydrogens (tertiary/aromatic N) is 2. The third-order valence-electron chi connectivity index (χ3n) is 2.15. The monoisotopic (exact) mass is 272 g/mol. The van der Waals surface area contributed by atoms with Crippen LogP contribution in [0, 0.1) is 0 Å². The number of carbonyl (C=O) groups excluding carboxylic acids is 1. The molecule has 0 radical (unpaired) electrons. The highest BCUT2D eigenvalue weighted by molar-refractivity contribution is 7.16. The lowest BCUT2D eigenvalue weighted by Crippen LogP contribution is -2.07. The number of carbonyl (C=O) groups is 1. The van der Waals surface area contributed by atoms with Gasteiger partial charge in [-0.25, -0.2) is 4.98 Å². The van der Waals surface area contributed by atoms with Gasteiger partial charge in [0.2, 0.25) is 0 Å². The molecule has 0 N–H and O–H groups in total. The lowest BCUT2D eigenvalue weighted by molar-refractivity contribution is -0.141. The first-order valence-electron chi connectivity index (χ1n) is 4.88. The Labute approximate surface area is 104 Å². The highest BCUT2D eigenvalue weighted by atomic mass is 32.1. The van der Waals surface area contributed by atoms with E-state index in [1.807, 2.05) is 0 Å². The van der Waals surface area contributed by atoms with Crippen LogP contribution >= 0.6 is 11.3 Å². The molecule has 0 aliphatic carbocycles. The van der Waals surface area contributed by atoms with Crippen molar-refractivity contribution in [2.24, 2.45) is 0 Å². The summed E-state index contributed by atoms with van der Waals surface area (Å²) in [5, 5.41) is 0.474. The lowest BCUT2D eigenvalue weighted by Gasteiger charge is -2.05. The predicted molar refractivity (Wildman–Crippen MR) is 60.4 cm³/mol. The van der Waals surface area contributed by atoms with E-state index in [1.165, 1.54) is 19.2 Å². The smallest absolute Gasteiger partial charge is 0.294 e. The fourth-order valence-electron chi connectivity index (χ4n) is 1.26. The minimum absolute atomic E-state index is 0.126. The summed E-state index contributed by atoms with van der Waals surface area (Å²) in [5.41, 5.74) is -0.491. The van der Waals surface area contributed by atoms with Gasteiger partial charge in [-0.2, -0.15) is 13.2 Å². The molecule has 2 aromatic rings. The van der Waals surface area contributed by atoms with Crippen LogP contribution in [-0.4, -0.2) is 15.8 Å². The Balaban J connectivity index is 2.31. The zero-order valence-electron chi connectivity index (χ0n) is 9.15. The maximum absolute atomic E-state index is 12.3. The fraction of sp³-hybridized carbons (Fsp3) is 0.182. The number of aromatic nitrogens is 2. The van der Waals surface area contributed by atoms with Crippen molar-refractivity contribution in [3.63, 3.8) is 0 Å². The first-order valence-corrected chi connectivity index (χ1v) is 5.70. The molecule has 0 spiro atoms. The van der Waals surface area contributed by atoms with Crippen LogP contribution in [-0.2, 0) is 6.18 Å². The summed E-state index contributed by atoms with van der Waals surface area (Å²) >= 11 is 1.13. The quantitative estimate of drug-likeness (QED) is 0.787. The molecule has 94 valence electrons. The van der Waals surface area contributed by atoms with E-state index in [9.17, 15) is 18.0 Å². The van der Waals surface area contributed by atoms with Crippen molar-refractivity contribution in [3.8, 4) is 10.6 Å². The normalized spacial score (nSPS) is 11.6. The molecule has 3 nitrogen and oxygen atoms in total. The molecule has 2 rings (SSSR count). The first kappa shape index (κ1) is 12.7. The second-order valence-electron chi connectivity index (χ2n) is 3.52.